The Kier molecular flexibility index (Phi) is 6.58. The first-order chi connectivity index (χ1) is 17.4. The summed E-state index contributed by atoms with van der Waals surface area (Å²) in [6.07, 6.45) is 1.42. The van der Waals surface area contributed by atoms with Crippen molar-refractivity contribution < 1.29 is 13.9 Å². The van der Waals surface area contributed by atoms with Crippen LogP contribution >= 0.6 is 11.6 Å². The van der Waals surface area contributed by atoms with Gasteiger partial charge in [0.1, 0.15) is 16.9 Å². The van der Waals surface area contributed by atoms with Gasteiger partial charge < -0.3 is 24.5 Å². The van der Waals surface area contributed by atoms with E-state index in [9.17, 15) is 18.8 Å². The van der Waals surface area contributed by atoms with E-state index in [0.717, 1.165) is 18.8 Å². The molecule has 8 nitrogen and oxygen atoms in total. The molecule has 0 spiro atoms. The van der Waals surface area contributed by atoms with Crippen LogP contribution in [0.3, 0.4) is 0 Å². The molecule has 0 radical (unpaired) electrons. The van der Waals surface area contributed by atoms with Crippen LogP contribution in [0.1, 0.15) is 15.9 Å². The van der Waals surface area contributed by atoms with Crippen molar-refractivity contribution in [3.63, 3.8) is 0 Å². The minimum absolute atomic E-state index is 0.00366. The Morgan fingerprint density at radius 2 is 1.81 bits per heavy atom. The normalized spacial score (nSPS) is 13.7. The van der Waals surface area contributed by atoms with Crippen molar-refractivity contribution in [1.29, 1.82) is 0 Å². The highest BCUT2D eigenvalue weighted by atomic mass is 35.5. The quantitative estimate of drug-likeness (QED) is 0.429. The molecule has 1 aliphatic heterocycles. The fourth-order valence-electron chi connectivity index (χ4n) is 4.20. The average molecular weight is 509 g/mol. The lowest BCUT2D eigenvalue weighted by Crippen LogP contribution is -2.36. The number of nitrogens with zero attached hydrogens (tertiary/aromatic N) is 2. The van der Waals surface area contributed by atoms with Gasteiger partial charge in [0.05, 0.1) is 18.7 Å². The first-order valence-electron chi connectivity index (χ1n) is 11.3. The van der Waals surface area contributed by atoms with Gasteiger partial charge in [-0.3, -0.25) is 14.4 Å². The van der Waals surface area contributed by atoms with Crippen LogP contribution < -0.4 is 21.2 Å². The number of anilines is 2. The molecule has 10 heteroatoms. The predicted octanol–water partition coefficient (Wildman–Crippen LogP) is 3.62. The standard InChI is InChI=1S/C26H22ClFN4O4/c27-21-13-17(28)2-1-16(21)14-32-15-20(25(34)24-22(32)7-8-23(33)30-24)26(35)29-18-3-5-19(6-4-18)31-9-11-36-12-10-31/h1-8,13,15H,9-12,14H2,(H,29,35)(H,30,33). The highest BCUT2D eigenvalue weighted by molar-refractivity contribution is 6.31. The average Bonchev–Trinajstić information content (AvgIpc) is 2.88. The SMILES string of the molecule is O=C(Nc1ccc(N2CCOCC2)cc1)c1cn(Cc2ccc(F)cc2Cl)c2ccc(=O)[nH]c2c1=O. The molecule has 2 aromatic heterocycles. The lowest BCUT2D eigenvalue weighted by atomic mass is 10.1. The Hall–Kier alpha value is -3.95. The molecule has 36 heavy (non-hydrogen) atoms. The summed E-state index contributed by atoms with van der Waals surface area (Å²) in [7, 11) is 0. The fourth-order valence-corrected chi connectivity index (χ4v) is 4.43. The number of carbonyl (C=O) groups is 1. The molecule has 5 rings (SSSR count). The molecular weight excluding hydrogens is 487 g/mol. The number of hydrogen-bond acceptors (Lipinski definition) is 5. The van der Waals surface area contributed by atoms with E-state index in [1.54, 1.807) is 16.7 Å². The second-order valence-corrected chi connectivity index (χ2v) is 8.83. The summed E-state index contributed by atoms with van der Waals surface area (Å²) in [6.45, 7) is 3.06. The summed E-state index contributed by atoms with van der Waals surface area (Å²) < 4.78 is 20.5. The monoisotopic (exact) mass is 508 g/mol. The van der Waals surface area contributed by atoms with Crippen molar-refractivity contribution in [1.82, 2.24) is 9.55 Å². The van der Waals surface area contributed by atoms with Gasteiger partial charge in [-0.05, 0) is 48.0 Å². The summed E-state index contributed by atoms with van der Waals surface area (Å²) in [5, 5.41) is 2.96. The summed E-state index contributed by atoms with van der Waals surface area (Å²) in [4.78, 5) is 43.0. The van der Waals surface area contributed by atoms with E-state index in [1.165, 1.54) is 36.5 Å². The van der Waals surface area contributed by atoms with Gasteiger partial charge in [-0.2, -0.15) is 0 Å². The number of benzene rings is 2. The minimum Gasteiger partial charge on any atom is -0.378 e. The van der Waals surface area contributed by atoms with E-state index in [-0.39, 0.29) is 22.6 Å². The molecule has 1 aliphatic rings. The molecule has 0 bridgehead atoms. The van der Waals surface area contributed by atoms with Crippen LogP contribution in [-0.4, -0.2) is 41.8 Å². The number of H-pyrrole nitrogens is 1. The second-order valence-electron chi connectivity index (χ2n) is 8.42. The predicted molar refractivity (Wildman–Crippen MR) is 137 cm³/mol. The van der Waals surface area contributed by atoms with Gasteiger partial charge in [0.15, 0.2) is 0 Å². The van der Waals surface area contributed by atoms with Crippen LogP contribution in [0.4, 0.5) is 15.8 Å². The van der Waals surface area contributed by atoms with Gasteiger partial charge in [-0.25, -0.2) is 4.39 Å². The van der Waals surface area contributed by atoms with Gasteiger partial charge in [0.25, 0.3) is 5.91 Å². The minimum atomic E-state index is -0.621. The van der Waals surface area contributed by atoms with Crippen LogP contribution in [0.5, 0.6) is 0 Å². The number of carbonyl (C=O) groups excluding carboxylic acids is 1. The molecule has 184 valence electrons. The van der Waals surface area contributed by atoms with E-state index in [2.05, 4.69) is 15.2 Å². The van der Waals surface area contributed by atoms with E-state index < -0.39 is 22.7 Å². The number of aromatic nitrogens is 2. The highest BCUT2D eigenvalue weighted by Gasteiger charge is 2.18. The first kappa shape index (κ1) is 23.8. The Balaban J connectivity index is 1.48. The Bertz CT molecular complexity index is 1560. The van der Waals surface area contributed by atoms with Crippen molar-refractivity contribution in [2.45, 2.75) is 6.54 Å². The molecule has 2 aromatic carbocycles. The third-order valence-corrected chi connectivity index (χ3v) is 6.42. The number of nitrogens with one attached hydrogen (secondary N) is 2. The maximum atomic E-state index is 13.5. The highest BCUT2D eigenvalue weighted by Crippen LogP contribution is 2.22. The lowest BCUT2D eigenvalue weighted by molar-refractivity contribution is 0.102. The van der Waals surface area contributed by atoms with E-state index in [0.29, 0.717) is 30.0 Å². The smallest absolute Gasteiger partial charge is 0.261 e. The number of hydrogen-bond donors (Lipinski definition) is 2. The second kappa shape index (κ2) is 9.96. The number of fused-ring (bicyclic) bond motifs is 1. The Morgan fingerprint density at radius 1 is 1.06 bits per heavy atom. The zero-order valence-electron chi connectivity index (χ0n) is 19.1. The molecule has 3 heterocycles. The third kappa shape index (κ3) is 4.89. The molecule has 0 saturated carbocycles. The largest absolute Gasteiger partial charge is 0.378 e. The summed E-state index contributed by atoms with van der Waals surface area (Å²) in [5.41, 5.74) is 1.29. The van der Waals surface area contributed by atoms with Crippen LogP contribution in [0.2, 0.25) is 5.02 Å². The number of morpholine rings is 1. The van der Waals surface area contributed by atoms with E-state index >= 15 is 0 Å². The van der Waals surface area contributed by atoms with Gasteiger partial charge in [0.2, 0.25) is 11.0 Å². The van der Waals surface area contributed by atoms with E-state index in [4.69, 9.17) is 16.3 Å². The molecule has 0 atom stereocenters. The van der Waals surface area contributed by atoms with Crippen molar-refractivity contribution >= 4 is 39.9 Å². The fraction of sp³-hybridized carbons (Fsp3) is 0.192. The molecular formula is C26H22ClFN4O4. The number of ether oxygens (including phenoxy) is 1. The van der Waals surface area contributed by atoms with Gasteiger partial charge in [-0.1, -0.05) is 17.7 Å². The zero-order valence-corrected chi connectivity index (χ0v) is 19.8. The first-order valence-corrected chi connectivity index (χ1v) is 11.7. The molecule has 0 aliphatic carbocycles. The Morgan fingerprint density at radius 3 is 2.53 bits per heavy atom. The number of aromatic amines is 1. The lowest BCUT2D eigenvalue weighted by Gasteiger charge is -2.28. The molecule has 4 aromatic rings. The van der Waals surface area contributed by atoms with Gasteiger partial charge in [-0.15, -0.1) is 0 Å². The summed E-state index contributed by atoms with van der Waals surface area (Å²) in [6, 6.07) is 14.1. The third-order valence-electron chi connectivity index (χ3n) is 6.06. The van der Waals surface area contributed by atoms with Gasteiger partial charge in [0, 0.05) is 48.3 Å². The van der Waals surface area contributed by atoms with Crippen molar-refractivity contribution in [3.8, 4) is 0 Å². The van der Waals surface area contributed by atoms with Gasteiger partial charge >= 0.3 is 0 Å². The maximum absolute atomic E-state index is 13.5. The number of halogens is 2. The number of amides is 1. The van der Waals surface area contributed by atoms with Crippen LogP contribution in [0, 0.1) is 5.82 Å². The molecule has 1 fully saturated rings. The zero-order chi connectivity index (χ0) is 25.2. The molecule has 2 N–H and O–H groups in total. The van der Waals surface area contributed by atoms with E-state index in [1.807, 2.05) is 12.1 Å². The Labute approximate surface area is 209 Å². The number of pyridine rings is 2. The maximum Gasteiger partial charge on any atom is 0.261 e. The number of rotatable bonds is 5. The van der Waals surface area contributed by atoms with Crippen LogP contribution in [0.25, 0.3) is 11.0 Å². The molecule has 1 amide bonds. The summed E-state index contributed by atoms with van der Waals surface area (Å²) in [5.74, 6) is -1.10. The molecule has 1 saturated heterocycles. The van der Waals surface area contributed by atoms with Crippen molar-refractivity contribution in [3.05, 3.63) is 103 Å². The molecule has 0 unspecified atom stereocenters. The van der Waals surface area contributed by atoms with Crippen molar-refractivity contribution in [2.24, 2.45) is 0 Å². The van der Waals surface area contributed by atoms with Crippen molar-refractivity contribution in [2.75, 3.05) is 36.5 Å². The van der Waals surface area contributed by atoms with Crippen LogP contribution in [0.15, 0.2) is 70.4 Å². The topological polar surface area (TPSA) is 96.4 Å². The van der Waals surface area contributed by atoms with Crippen LogP contribution in [-0.2, 0) is 11.3 Å². The summed E-state index contributed by atoms with van der Waals surface area (Å²) >= 11 is 6.20.